The predicted molar refractivity (Wildman–Crippen MR) is 87.1 cm³/mol. The van der Waals surface area contributed by atoms with Gasteiger partial charge >= 0.3 is 0 Å². The number of piperazine rings is 1. The number of carbonyl (C=O) groups is 1. The lowest BCUT2D eigenvalue weighted by molar-refractivity contribution is -0.138. The van der Waals surface area contributed by atoms with Crippen molar-refractivity contribution in [2.75, 3.05) is 26.2 Å². The maximum Gasteiger partial charge on any atom is 0.246 e. The molecule has 0 unspecified atom stereocenters. The molecule has 0 radical (unpaired) electrons. The van der Waals surface area contributed by atoms with Crippen molar-refractivity contribution in [3.8, 4) is 0 Å². The standard InChI is InChI=1S/C16H21F2N3O3S/c17-12-3-4-14(13(18)11-12)25(23,24)21-9-7-20(8-10-21)15(22)16(19)5-1-2-6-16/h3-4,11H,1-2,5-10,19H2. The third kappa shape index (κ3) is 3.40. The average molecular weight is 373 g/mol. The van der Waals surface area contributed by atoms with Crippen LogP contribution >= 0.6 is 0 Å². The highest BCUT2D eigenvalue weighted by Crippen LogP contribution is 2.30. The number of rotatable bonds is 3. The summed E-state index contributed by atoms with van der Waals surface area (Å²) in [5.41, 5.74) is 5.33. The second-order valence-corrected chi connectivity index (χ2v) is 8.54. The lowest BCUT2D eigenvalue weighted by Gasteiger charge is -2.37. The Bertz CT molecular complexity index is 771. The molecule has 0 atom stereocenters. The van der Waals surface area contributed by atoms with Crippen LogP contribution in [0.25, 0.3) is 0 Å². The molecule has 9 heteroatoms. The van der Waals surface area contributed by atoms with Gasteiger partial charge in [-0.25, -0.2) is 17.2 Å². The molecule has 2 fully saturated rings. The molecule has 0 bridgehead atoms. The van der Waals surface area contributed by atoms with E-state index in [0.717, 1.165) is 29.3 Å². The number of hydrogen-bond acceptors (Lipinski definition) is 4. The summed E-state index contributed by atoms with van der Waals surface area (Å²) in [7, 11) is -4.07. The number of halogens is 2. The highest BCUT2D eigenvalue weighted by molar-refractivity contribution is 7.89. The second-order valence-electron chi connectivity index (χ2n) is 6.63. The van der Waals surface area contributed by atoms with Crippen LogP contribution in [0.4, 0.5) is 8.78 Å². The predicted octanol–water partition coefficient (Wildman–Crippen LogP) is 1.07. The largest absolute Gasteiger partial charge is 0.338 e. The van der Waals surface area contributed by atoms with Crippen LogP contribution in [-0.4, -0.2) is 55.2 Å². The molecule has 1 aromatic carbocycles. The molecule has 1 aliphatic carbocycles. The highest BCUT2D eigenvalue weighted by atomic mass is 32.2. The number of nitrogens with two attached hydrogens (primary N) is 1. The summed E-state index contributed by atoms with van der Waals surface area (Å²) in [5, 5.41) is 0. The van der Waals surface area contributed by atoms with Gasteiger partial charge in [0.25, 0.3) is 0 Å². The molecule has 138 valence electrons. The van der Waals surface area contributed by atoms with E-state index in [1.165, 1.54) is 0 Å². The highest BCUT2D eigenvalue weighted by Gasteiger charge is 2.41. The zero-order chi connectivity index (χ0) is 18.2. The van der Waals surface area contributed by atoms with E-state index in [2.05, 4.69) is 0 Å². The second kappa shape index (κ2) is 6.62. The fourth-order valence-corrected chi connectivity index (χ4v) is 4.96. The van der Waals surface area contributed by atoms with Gasteiger partial charge < -0.3 is 10.6 Å². The van der Waals surface area contributed by atoms with Gasteiger partial charge in [-0.3, -0.25) is 4.79 Å². The van der Waals surface area contributed by atoms with Crippen LogP contribution in [0.15, 0.2) is 23.1 Å². The van der Waals surface area contributed by atoms with Crippen molar-refractivity contribution in [1.29, 1.82) is 0 Å². The number of nitrogens with zero attached hydrogens (tertiary/aromatic N) is 2. The van der Waals surface area contributed by atoms with Gasteiger partial charge in [-0.1, -0.05) is 12.8 Å². The smallest absolute Gasteiger partial charge is 0.246 e. The lowest BCUT2D eigenvalue weighted by atomic mass is 9.97. The van der Waals surface area contributed by atoms with Crippen molar-refractivity contribution in [2.45, 2.75) is 36.1 Å². The Morgan fingerprint density at radius 3 is 2.24 bits per heavy atom. The normalized spacial score (nSPS) is 21.5. The molecular formula is C16H21F2N3O3S. The summed E-state index contributed by atoms with van der Waals surface area (Å²) < 4.78 is 53.0. The summed E-state index contributed by atoms with van der Waals surface area (Å²) >= 11 is 0. The Hall–Kier alpha value is -1.58. The third-order valence-electron chi connectivity index (χ3n) is 4.96. The van der Waals surface area contributed by atoms with E-state index in [4.69, 9.17) is 5.73 Å². The molecule has 1 amide bonds. The minimum absolute atomic E-state index is 0.0565. The Kier molecular flexibility index (Phi) is 4.82. The van der Waals surface area contributed by atoms with E-state index in [9.17, 15) is 22.0 Å². The van der Waals surface area contributed by atoms with Gasteiger partial charge in [-0.2, -0.15) is 4.31 Å². The van der Waals surface area contributed by atoms with E-state index in [1.807, 2.05) is 0 Å². The van der Waals surface area contributed by atoms with Crippen molar-refractivity contribution in [3.63, 3.8) is 0 Å². The molecule has 6 nitrogen and oxygen atoms in total. The van der Waals surface area contributed by atoms with Gasteiger partial charge in [0.1, 0.15) is 16.5 Å². The molecule has 1 aliphatic heterocycles. The molecule has 0 spiro atoms. The maximum absolute atomic E-state index is 13.8. The molecular weight excluding hydrogens is 352 g/mol. The number of amides is 1. The third-order valence-corrected chi connectivity index (χ3v) is 6.89. The molecule has 1 aromatic rings. The Morgan fingerprint density at radius 1 is 1.08 bits per heavy atom. The summed E-state index contributed by atoms with van der Waals surface area (Å²) in [5.74, 6) is -2.10. The number of benzene rings is 1. The van der Waals surface area contributed by atoms with E-state index < -0.39 is 32.1 Å². The van der Waals surface area contributed by atoms with Crippen LogP contribution in [0.3, 0.4) is 0 Å². The molecule has 1 heterocycles. The fourth-order valence-electron chi connectivity index (χ4n) is 3.49. The SMILES string of the molecule is NC1(C(=O)N2CCN(S(=O)(=O)c3ccc(F)cc3F)CC2)CCCC1. The Balaban J connectivity index is 1.70. The Labute approximate surface area is 145 Å². The van der Waals surface area contributed by atoms with Gasteiger partial charge in [-0.05, 0) is 25.0 Å². The van der Waals surface area contributed by atoms with E-state index in [1.54, 1.807) is 4.90 Å². The lowest BCUT2D eigenvalue weighted by Crippen LogP contribution is -2.59. The van der Waals surface area contributed by atoms with E-state index in [0.29, 0.717) is 18.9 Å². The van der Waals surface area contributed by atoms with Gasteiger partial charge in [0, 0.05) is 32.2 Å². The summed E-state index contributed by atoms with van der Waals surface area (Å²) in [6.07, 6.45) is 3.12. The molecule has 3 rings (SSSR count). The first-order chi connectivity index (χ1) is 11.7. The number of sulfonamides is 1. The molecule has 2 aliphatic rings. The maximum atomic E-state index is 13.8. The van der Waals surface area contributed by atoms with Crippen molar-refractivity contribution in [1.82, 2.24) is 9.21 Å². The first-order valence-corrected chi connectivity index (χ1v) is 9.71. The molecule has 0 aromatic heterocycles. The van der Waals surface area contributed by atoms with Gasteiger partial charge in [0.05, 0.1) is 5.54 Å². The molecule has 1 saturated heterocycles. The summed E-state index contributed by atoms with van der Waals surface area (Å²) in [6.45, 7) is 0.529. The molecule has 1 saturated carbocycles. The monoisotopic (exact) mass is 373 g/mol. The van der Waals surface area contributed by atoms with Crippen molar-refractivity contribution in [2.24, 2.45) is 5.73 Å². The van der Waals surface area contributed by atoms with Crippen molar-refractivity contribution in [3.05, 3.63) is 29.8 Å². The molecule has 2 N–H and O–H groups in total. The molecule has 25 heavy (non-hydrogen) atoms. The van der Waals surface area contributed by atoms with Crippen LogP contribution < -0.4 is 5.73 Å². The van der Waals surface area contributed by atoms with Gasteiger partial charge in [0.2, 0.25) is 15.9 Å². The first kappa shape index (κ1) is 18.2. The zero-order valence-electron chi connectivity index (χ0n) is 13.7. The minimum atomic E-state index is -4.07. The van der Waals surface area contributed by atoms with Gasteiger partial charge in [0.15, 0.2) is 0 Å². The summed E-state index contributed by atoms with van der Waals surface area (Å²) in [4.78, 5) is 13.6. The number of hydrogen-bond donors (Lipinski definition) is 1. The quantitative estimate of drug-likeness (QED) is 0.859. The Morgan fingerprint density at radius 2 is 1.68 bits per heavy atom. The van der Waals surface area contributed by atoms with E-state index >= 15 is 0 Å². The van der Waals surface area contributed by atoms with Crippen LogP contribution in [0.5, 0.6) is 0 Å². The van der Waals surface area contributed by atoms with Crippen LogP contribution in [0.1, 0.15) is 25.7 Å². The minimum Gasteiger partial charge on any atom is -0.338 e. The zero-order valence-corrected chi connectivity index (χ0v) is 14.6. The van der Waals surface area contributed by atoms with Crippen molar-refractivity contribution >= 4 is 15.9 Å². The fraction of sp³-hybridized carbons (Fsp3) is 0.562. The summed E-state index contributed by atoms with van der Waals surface area (Å²) in [6, 6.07) is 2.38. The van der Waals surface area contributed by atoms with Crippen LogP contribution in [-0.2, 0) is 14.8 Å². The average Bonchev–Trinajstić information content (AvgIpc) is 3.02. The van der Waals surface area contributed by atoms with Crippen LogP contribution in [0, 0.1) is 11.6 Å². The van der Waals surface area contributed by atoms with E-state index in [-0.39, 0.29) is 32.1 Å². The first-order valence-electron chi connectivity index (χ1n) is 8.27. The number of carbonyl (C=O) groups excluding carboxylic acids is 1. The van der Waals surface area contributed by atoms with Crippen LogP contribution in [0.2, 0.25) is 0 Å². The topological polar surface area (TPSA) is 83.7 Å². The van der Waals surface area contributed by atoms with Crippen molar-refractivity contribution < 1.29 is 22.0 Å². The van der Waals surface area contributed by atoms with Gasteiger partial charge in [-0.15, -0.1) is 0 Å².